The predicted molar refractivity (Wildman–Crippen MR) is 124 cm³/mol. The number of allylic oxidation sites excluding steroid dienone is 4. The van der Waals surface area contributed by atoms with Crippen LogP contribution in [0.5, 0.6) is 0 Å². The molecule has 0 spiro atoms. The van der Waals surface area contributed by atoms with Crippen molar-refractivity contribution in [1.82, 2.24) is 0 Å². The van der Waals surface area contributed by atoms with Gasteiger partial charge in [0.25, 0.3) is 0 Å². The summed E-state index contributed by atoms with van der Waals surface area (Å²) in [5.41, 5.74) is -1.70. The first-order valence-corrected chi connectivity index (χ1v) is 12.3. The average Bonchev–Trinajstić information content (AvgIpc) is 3.04. The lowest BCUT2D eigenvalue weighted by atomic mass is 9.46. The van der Waals surface area contributed by atoms with Crippen molar-refractivity contribution >= 4 is 29.5 Å². The summed E-state index contributed by atoms with van der Waals surface area (Å²) in [7, 11) is 0. The first kappa shape index (κ1) is 25.3. The van der Waals surface area contributed by atoms with Crippen molar-refractivity contribution < 1.29 is 38.2 Å². The van der Waals surface area contributed by atoms with Crippen LogP contribution in [-0.2, 0) is 38.2 Å². The van der Waals surface area contributed by atoms with Crippen LogP contribution < -0.4 is 0 Å². The van der Waals surface area contributed by atoms with E-state index in [0.29, 0.717) is 19.3 Å². The smallest absolute Gasteiger partial charge is 0.303 e. The molecule has 0 heterocycles. The van der Waals surface area contributed by atoms with E-state index in [0.717, 1.165) is 18.4 Å². The number of hydrogen-bond acceptors (Lipinski definition) is 8. The molecule has 0 aliphatic heterocycles. The van der Waals surface area contributed by atoms with Gasteiger partial charge in [0.1, 0.15) is 6.10 Å². The summed E-state index contributed by atoms with van der Waals surface area (Å²) in [6.07, 6.45) is 7.50. The van der Waals surface area contributed by atoms with Crippen molar-refractivity contribution in [3.8, 4) is 0 Å². The Morgan fingerprint density at radius 2 is 1.74 bits per heavy atom. The number of ketones is 2. The Balaban J connectivity index is 1.80. The van der Waals surface area contributed by atoms with Gasteiger partial charge in [-0.25, -0.2) is 0 Å². The van der Waals surface area contributed by atoms with Crippen LogP contribution in [0, 0.1) is 28.6 Å². The normalized spacial score (nSPS) is 39.5. The second kappa shape index (κ2) is 8.71. The van der Waals surface area contributed by atoms with Crippen LogP contribution in [0.4, 0.5) is 0 Å². The lowest BCUT2D eigenvalue weighted by Crippen LogP contribution is -2.63. The Bertz CT molecular complexity index is 1040. The Morgan fingerprint density at radius 1 is 1.03 bits per heavy atom. The molecule has 0 N–H and O–H groups in total. The summed E-state index contributed by atoms with van der Waals surface area (Å²) in [6.45, 7) is 7.42. The molecule has 0 bridgehead atoms. The monoisotopic (exact) mass is 486 g/mol. The predicted octanol–water partition coefficient (Wildman–Crippen LogP) is 3.27. The Kier molecular flexibility index (Phi) is 6.31. The molecular weight excluding hydrogens is 452 g/mol. The minimum atomic E-state index is -1.47. The summed E-state index contributed by atoms with van der Waals surface area (Å²) in [6, 6.07) is 0. The van der Waals surface area contributed by atoms with E-state index in [4.69, 9.17) is 14.2 Å². The molecule has 0 aromatic rings. The van der Waals surface area contributed by atoms with Crippen LogP contribution in [0.15, 0.2) is 23.8 Å². The highest BCUT2D eigenvalue weighted by molar-refractivity contribution is 6.01. The van der Waals surface area contributed by atoms with Crippen molar-refractivity contribution in [2.75, 3.05) is 6.61 Å². The van der Waals surface area contributed by atoms with Crippen molar-refractivity contribution in [2.45, 2.75) is 78.4 Å². The fourth-order valence-electron chi connectivity index (χ4n) is 7.81. The second-order valence-corrected chi connectivity index (χ2v) is 11.0. The summed E-state index contributed by atoms with van der Waals surface area (Å²) < 4.78 is 16.8. The topological polar surface area (TPSA) is 113 Å². The van der Waals surface area contributed by atoms with Crippen LogP contribution >= 0.6 is 0 Å². The highest BCUT2D eigenvalue weighted by atomic mass is 16.6. The van der Waals surface area contributed by atoms with Gasteiger partial charge in [-0.3, -0.25) is 24.0 Å². The first-order valence-electron chi connectivity index (χ1n) is 12.3. The molecule has 0 aromatic heterocycles. The van der Waals surface area contributed by atoms with Gasteiger partial charge < -0.3 is 14.2 Å². The van der Waals surface area contributed by atoms with Crippen LogP contribution in [0.1, 0.15) is 66.7 Å². The molecule has 3 fully saturated rings. The number of Topliss-reactive ketones (excluding diaryl/α,β-unsaturated/α-hetero) is 1. The van der Waals surface area contributed by atoms with Crippen molar-refractivity contribution in [1.29, 1.82) is 0 Å². The molecular formula is C27H34O8. The highest BCUT2D eigenvalue weighted by Crippen LogP contribution is 2.68. The van der Waals surface area contributed by atoms with Gasteiger partial charge in [0.05, 0.1) is 0 Å². The zero-order valence-corrected chi connectivity index (χ0v) is 21.1. The quantitative estimate of drug-likeness (QED) is 0.430. The van der Waals surface area contributed by atoms with Gasteiger partial charge in [-0.1, -0.05) is 25.5 Å². The molecule has 4 rings (SSSR count). The van der Waals surface area contributed by atoms with Gasteiger partial charge in [0.2, 0.25) is 5.78 Å². The number of esters is 3. The van der Waals surface area contributed by atoms with Gasteiger partial charge in [-0.05, 0) is 56.1 Å². The molecule has 0 amide bonds. The molecule has 190 valence electrons. The van der Waals surface area contributed by atoms with Crippen molar-refractivity contribution in [3.63, 3.8) is 0 Å². The second-order valence-electron chi connectivity index (χ2n) is 11.0. The lowest BCUT2D eigenvalue weighted by Gasteiger charge is -2.60. The van der Waals surface area contributed by atoms with Crippen LogP contribution in [0.2, 0.25) is 0 Å². The molecule has 0 aromatic carbocycles. The Morgan fingerprint density at radius 3 is 2.37 bits per heavy atom. The summed E-state index contributed by atoms with van der Waals surface area (Å²) in [4.78, 5) is 61.6. The number of hydrogen-bond donors (Lipinski definition) is 0. The highest BCUT2D eigenvalue weighted by Gasteiger charge is 2.71. The molecule has 0 radical (unpaired) electrons. The minimum absolute atomic E-state index is 0.0179. The minimum Gasteiger partial charge on any atom is -0.462 e. The van der Waals surface area contributed by atoms with Crippen LogP contribution in [0.25, 0.3) is 0 Å². The number of rotatable bonds is 5. The van der Waals surface area contributed by atoms with E-state index in [-0.39, 0.29) is 23.5 Å². The third kappa shape index (κ3) is 3.95. The fraction of sp³-hybridized carbons (Fsp3) is 0.667. The zero-order chi connectivity index (χ0) is 25.8. The number of carbonyl (C=O) groups excluding carboxylic acids is 5. The van der Waals surface area contributed by atoms with E-state index < -0.39 is 52.8 Å². The molecule has 35 heavy (non-hydrogen) atoms. The van der Waals surface area contributed by atoms with Crippen LogP contribution in [0.3, 0.4) is 0 Å². The standard InChI is InChI=1S/C27H34O8/c1-15(28)33-14-23(32)27(35-17(3)30)11-9-21-20-7-6-18-12-19(31)8-10-25(18,4)24(20)22(34-16(2)29)13-26(21,27)5/h8,10,12,20-22,24H,6-7,9,11,13-14H2,1-5H3/t20-,21-,22+,24+,25-,26-,27+/m0/s1. The van der Waals surface area contributed by atoms with Gasteiger partial charge in [0.15, 0.2) is 18.0 Å². The summed E-state index contributed by atoms with van der Waals surface area (Å²) in [5, 5.41) is 0. The van der Waals surface area contributed by atoms with E-state index in [1.807, 2.05) is 13.0 Å². The maximum absolute atomic E-state index is 13.6. The third-order valence-electron chi connectivity index (χ3n) is 9.09. The van der Waals surface area contributed by atoms with E-state index >= 15 is 0 Å². The fourth-order valence-corrected chi connectivity index (χ4v) is 7.81. The maximum Gasteiger partial charge on any atom is 0.303 e. The van der Waals surface area contributed by atoms with Gasteiger partial charge in [-0.15, -0.1) is 0 Å². The number of carbonyl (C=O) groups is 5. The third-order valence-corrected chi connectivity index (χ3v) is 9.09. The summed E-state index contributed by atoms with van der Waals surface area (Å²) >= 11 is 0. The molecule has 4 aliphatic carbocycles. The largest absolute Gasteiger partial charge is 0.462 e. The van der Waals surface area contributed by atoms with Gasteiger partial charge >= 0.3 is 17.9 Å². The van der Waals surface area contributed by atoms with Gasteiger partial charge in [-0.2, -0.15) is 0 Å². The van der Waals surface area contributed by atoms with Crippen LogP contribution in [-0.4, -0.2) is 47.8 Å². The molecule has 8 nitrogen and oxygen atoms in total. The van der Waals surface area contributed by atoms with Crippen molar-refractivity contribution in [3.05, 3.63) is 23.8 Å². The SMILES string of the molecule is CC(=O)OCC(=O)[C@]1(OC(C)=O)CC[C@H]2[C@@H]3CCC4=CC(=O)C=C[C@]4(C)[C@H]3[C@H](OC(C)=O)C[C@@]21C. The maximum atomic E-state index is 13.6. The van der Waals surface area contributed by atoms with E-state index in [1.54, 1.807) is 12.2 Å². The summed E-state index contributed by atoms with van der Waals surface area (Å²) in [5.74, 6) is -2.05. The molecule has 4 aliphatic rings. The molecule has 8 heteroatoms. The molecule has 3 saturated carbocycles. The lowest BCUT2D eigenvalue weighted by molar-refractivity contribution is -0.205. The zero-order valence-electron chi connectivity index (χ0n) is 21.1. The van der Waals surface area contributed by atoms with E-state index in [9.17, 15) is 24.0 Å². The molecule has 0 saturated heterocycles. The molecule has 0 unspecified atom stereocenters. The first-order chi connectivity index (χ1) is 16.3. The number of ether oxygens (including phenoxy) is 3. The van der Waals surface area contributed by atoms with Gasteiger partial charge in [0, 0.05) is 37.5 Å². The average molecular weight is 487 g/mol. The van der Waals surface area contributed by atoms with Crippen molar-refractivity contribution in [2.24, 2.45) is 28.6 Å². The van der Waals surface area contributed by atoms with E-state index in [1.165, 1.54) is 20.8 Å². The number of fused-ring (bicyclic) bond motifs is 5. The Hall–Kier alpha value is -2.77. The Labute approximate surface area is 205 Å². The molecule has 7 atom stereocenters. The van der Waals surface area contributed by atoms with E-state index in [2.05, 4.69) is 6.92 Å².